The van der Waals surface area contributed by atoms with Crippen molar-refractivity contribution in [3.63, 3.8) is 0 Å². The van der Waals surface area contributed by atoms with Gasteiger partial charge in [-0.05, 0) is 41.4 Å². The summed E-state index contributed by atoms with van der Waals surface area (Å²) in [6.45, 7) is 11.0. The number of hydrogen-bond donors (Lipinski definition) is 0. The Morgan fingerprint density at radius 2 is 1.57 bits per heavy atom. The number of anilines is 1. The van der Waals surface area contributed by atoms with Crippen LogP contribution in [0.4, 0.5) is 14.5 Å². The van der Waals surface area contributed by atoms with Gasteiger partial charge in [0.1, 0.15) is 6.33 Å². The second-order valence-corrected chi connectivity index (χ2v) is 16.7. The molecule has 1 saturated heterocycles. The average molecular weight is 617 g/mol. The van der Waals surface area contributed by atoms with Gasteiger partial charge in [-0.15, -0.1) is 4.91 Å². The van der Waals surface area contributed by atoms with E-state index in [0.29, 0.717) is 18.7 Å². The van der Waals surface area contributed by atoms with Gasteiger partial charge < -0.3 is 14.1 Å². The second kappa shape index (κ2) is 13.0. The Morgan fingerprint density at radius 3 is 2.07 bits per heavy atom. The number of hydrogen-bond acceptors (Lipinski definition) is 7. The summed E-state index contributed by atoms with van der Waals surface area (Å²) >= 11 is 0. The lowest BCUT2D eigenvalue weighted by Gasteiger charge is -2.43. The first-order valence-electron chi connectivity index (χ1n) is 14.8. The van der Waals surface area contributed by atoms with Gasteiger partial charge in [0.05, 0.1) is 30.2 Å². The van der Waals surface area contributed by atoms with Crippen LogP contribution in [0.15, 0.2) is 90.5 Å². The summed E-state index contributed by atoms with van der Waals surface area (Å²) < 4.78 is 45.5. The maximum Gasteiger partial charge on any atom is 0.261 e. The fraction of sp³-hybridized carbons (Fsp3) is 0.353. The van der Waals surface area contributed by atoms with Gasteiger partial charge in [-0.25, -0.2) is 18.7 Å². The molecule has 1 fully saturated rings. The Hall–Kier alpha value is -3.86. The summed E-state index contributed by atoms with van der Waals surface area (Å²) in [6, 6.07) is 21.9. The molecule has 0 amide bonds. The molecule has 5 rings (SSSR count). The van der Waals surface area contributed by atoms with Gasteiger partial charge >= 0.3 is 0 Å². The Morgan fingerprint density at radius 1 is 0.977 bits per heavy atom. The largest absolute Gasteiger partial charge is 0.403 e. The SMILES string of the molecule is C[C@@H]1CN(c2c(CO[Si](c3ccccc3)(c3ccccc3)C(C)(C)C)cc(C(N=O)c3ccncn3)c(F)c2F)C[C@H](C)O1. The van der Waals surface area contributed by atoms with Gasteiger partial charge in [-0.2, -0.15) is 0 Å². The molecular formula is C34H38F2N4O3Si. The number of nitroso groups, excluding NO2 is 1. The van der Waals surface area contributed by atoms with E-state index in [9.17, 15) is 4.91 Å². The zero-order valence-electron chi connectivity index (χ0n) is 25.7. The first kappa shape index (κ1) is 31.6. The minimum absolute atomic E-state index is 0.0255. The van der Waals surface area contributed by atoms with E-state index in [4.69, 9.17) is 9.16 Å². The maximum atomic E-state index is 16.4. The number of ether oxygens (including phenoxy) is 1. The highest BCUT2D eigenvalue weighted by Crippen LogP contribution is 2.40. The van der Waals surface area contributed by atoms with Gasteiger partial charge in [0.2, 0.25) is 0 Å². The van der Waals surface area contributed by atoms with Gasteiger partial charge in [0, 0.05) is 30.4 Å². The Labute approximate surface area is 258 Å². The van der Waals surface area contributed by atoms with Crippen molar-refractivity contribution in [2.45, 2.75) is 64.5 Å². The Kier molecular flexibility index (Phi) is 9.33. The van der Waals surface area contributed by atoms with Crippen LogP contribution in [0.5, 0.6) is 0 Å². The number of rotatable bonds is 9. The van der Waals surface area contributed by atoms with Crippen molar-refractivity contribution >= 4 is 24.4 Å². The lowest BCUT2D eigenvalue weighted by atomic mass is 9.98. The van der Waals surface area contributed by atoms with Crippen molar-refractivity contribution in [2.75, 3.05) is 18.0 Å². The van der Waals surface area contributed by atoms with E-state index in [1.165, 1.54) is 24.7 Å². The molecule has 1 aliphatic heterocycles. The molecule has 4 aromatic rings. The van der Waals surface area contributed by atoms with E-state index < -0.39 is 26.0 Å². The summed E-state index contributed by atoms with van der Waals surface area (Å²) in [6.07, 6.45) is 2.29. The molecule has 0 spiro atoms. The fourth-order valence-corrected chi connectivity index (χ4v) is 10.9. The van der Waals surface area contributed by atoms with Gasteiger partial charge in [-0.3, -0.25) is 0 Å². The number of benzene rings is 3. The molecule has 0 aliphatic carbocycles. The molecule has 3 aromatic carbocycles. The molecule has 2 heterocycles. The van der Waals surface area contributed by atoms with Gasteiger partial charge in [0.25, 0.3) is 8.32 Å². The summed E-state index contributed by atoms with van der Waals surface area (Å²) in [4.78, 5) is 21.9. The van der Waals surface area contributed by atoms with Crippen LogP contribution < -0.4 is 15.3 Å². The maximum absolute atomic E-state index is 16.4. The van der Waals surface area contributed by atoms with E-state index in [-0.39, 0.29) is 40.8 Å². The molecule has 7 nitrogen and oxygen atoms in total. The molecule has 0 radical (unpaired) electrons. The molecule has 3 atom stereocenters. The lowest BCUT2D eigenvalue weighted by Crippen LogP contribution is -2.66. The molecule has 44 heavy (non-hydrogen) atoms. The van der Waals surface area contributed by atoms with Crippen molar-refractivity contribution in [3.05, 3.63) is 119 Å². The third-order valence-corrected chi connectivity index (χ3v) is 13.2. The standard InChI is InChI=1S/C34H38F2N4O3Si/c1-23-19-40(20-24(2)43-23)33-25(18-28(30(35)31(33)36)32(39-41)29-16-17-37-22-38-29)21-42-44(34(3,4)5,26-12-8-6-9-13-26)27-14-10-7-11-15-27/h6-18,22-24,32H,19-21H2,1-5H3/t23-,24+,32?. The molecule has 230 valence electrons. The van der Waals surface area contributed by atoms with Crippen LogP contribution in [0.2, 0.25) is 5.04 Å². The molecule has 0 saturated carbocycles. The van der Waals surface area contributed by atoms with Crippen LogP contribution in [0, 0.1) is 16.5 Å². The van der Waals surface area contributed by atoms with E-state index in [1.54, 1.807) is 0 Å². The highest BCUT2D eigenvalue weighted by molar-refractivity contribution is 6.99. The van der Waals surface area contributed by atoms with Crippen molar-refractivity contribution in [1.82, 2.24) is 9.97 Å². The normalized spacial score (nSPS) is 18.2. The molecule has 1 unspecified atom stereocenters. The van der Waals surface area contributed by atoms with Gasteiger partial charge in [0.15, 0.2) is 17.7 Å². The van der Waals surface area contributed by atoms with E-state index in [0.717, 1.165) is 10.4 Å². The molecule has 1 aromatic heterocycles. The van der Waals surface area contributed by atoms with Crippen LogP contribution >= 0.6 is 0 Å². The van der Waals surface area contributed by atoms with E-state index in [1.807, 2.05) is 55.1 Å². The molecule has 1 aliphatic rings. The first-order valence-corrected chi connectivity index (χ1v) is 16.7. The minimum atomic E-state index is -3.04. The summed E-state index contributed by atoms with van der Waals surface area (Å²) in [7, 11) is -3.04. The molecule has 10 heteroatoms. The third kappa shape index (κ3) is 6.06. The second-order valence-electron chi connectivity index (χ2n) is 12.4. The highest BCUT2D eigenvalue weighted by Gasteiger charge is 2.50. The zero-order chi connectivity index (χ0) is 31.5. The van der Waals surface area contributed by atoms with Crippen molar-refractivity contribution < 1.29 is 17.9 Å². The monoisotopic (exact) mass is 616 g/mol. The topological polar surface area (TPSA) is 76.9 Å². The van der Waals surface area contributed by atoms with Crippen molar-refractivity contribution in [1.29, 1.82) is 0 Å². The summed E-state index contributed by atoms with van der Waals surface area (Å²) in [5.74, 6) is -2.18. The van der Waals surface area contributed by atoms with Crippen molar-refractivity contribution in [3.8, 4) is 0 Å². The quantitative estimate of drug-likeness (QED) is 0.162. The Balaban J connectivity index is 1.70. The number of aromatic nitrogens is 2. The molecule has 0 N–H and O–H groups in total. The molecule has 0 bridgehead atoms. The van der Waals surface area contributed by atoms with Gasteiger partial charge in [-0.1, -0.05) is 86.6 Å². The summed E-state index contributed by atoms with van der Waals surface area (Å²) in [5, 5.41) is 4.95. The Bertz CT molecular complexity index is 1520. The van der Waals surface area contributed by atoms with Crippen LogP contribution in [0.25, 0.3) is 0 Å². The van der Waals surface area contributed by atoms with Crippen LogP contribution in [-0.2, 0) is 15.8 Å². The predicted molar refractivity (Wildman–Crippen MR) is 171 cm³/mol. The van der Waals surface area contributed by atoms with Crippen LogP contribution in [0.3, 0.4) is 0 Å². The first-order chi connectivity index (χ1) is 21.1. The zero-order valence-corrected chi connectivity index (χ0v) is 26.7. The van der Waals surface area contributed by atoms with E-state index in [2.05, 4.69) is 60.2 Å². The van der Waals surface area contributed by atoms with Crippen molar-refractivity contribution in [2.24, 2.45) is 5.18 Å². The minimum Gasteiger partial charge on any atom is -0.403 e. The number of nitrogens with zero attached hydrogens (tertiary/aromatic N) is 4. The summed E-state index contributed by atoms with van der Waals surface area (Å²) in [5.41, 5.74) is 0.512. The van der Waals surface area contributed by atoms with Crippen LogP contribution in [-0.4, -0.2) is 43.6 Å². The third-order valence-electron chi connectivity index (χ3n) is 8.17. The smallest absolute Gasteiger partial charge is 0.261 e. The average Bonchev–Trinajstić information content (AvgIpc) is 3.00. The fourth-order valence-electron chi connectivity index (χ4n) is 6.38. The number of halogens is 2. The lowest BCUT2D eigenvalue weighted by molar-refractivity contribution is -0.00553. The molecular weight excluding hydrogens is 578 g/mol. The van der Waals surface area contributed by atoms with E-state index >= 15 is 8.78 Å². The number of morpholine rings is 1. The predicted octanol–water partition coefficient (Wildman–Crippen LogP) is 6.30. The highest BCUT2D eigenvalue weighted by atomic mass is 28.4. The van der Waals surface area contributed by atoms with Crippen LogP contribution in [0.1, 0.15) is 57.5 Å².